The van der Waals surface area contributed by atoms with Gasteiger partial charge in [0.15, 0.2) is 0 Å². The van der Waals surface area contributed by atoms with Gasteiger partial charge in [-0.25, -0.2) is 0 Å². The summed E-state index contributed by atoms with van der Waals surface area (Å²) in [5.74, 6) is -0.346. The zero-order chi connectivity index (χ0) is 12.8. The third kappa shape index (κ3) is 4.16. The molecule has 0 unspecified atom stereocenters. The Morgan fingerprint density at radius 1 is 1.29 bits per heavy atom. The smallest absolute Gasteiger partial charge is 0.277 e. The molecular formula is C11H13Cl2NO3. The summed E-state index contributed by atoms with van der Waals surface area (Å²) in [6, 6.07) is 5.15. The summed E-state index contributed by atoms with van der Waals surface area (Å²) in [6.07, 6.45) is -0.905. The van der Waals surface area contributed by atoms with Crippen molar-refractivity contribution in [2.45, 2.75) is 12.8 Å². The number of hydrogen-bond acceptors (Lipinski definition) is 3. The highest BCUT2D eigenvalue weighted by Gasteiger charge is 2.15. The van der Waals surface area contributed by atoms with Gasteiger partial charge in [0.2, 0.25) is 6.29 Å². The van der Waals surface area contributed by atoms with Gasteiger partial charge in [-0.3, -0.25) is 4.79 Å². The van der Waals surface area contributed by atoms with E-state index >= 15 is 0 Å². The van der Waals surface area contributed by atoms with Gasteiger partial charge in [-0.05, 0) is 17.7 Å². The van der Waals surface area contributed by atoms with Crippen LogP contribution in [-0.4, -0.2) is 26.4 Å². The van der Waals surface area contributed by atoms with Crippen LogP contribution in [0.5, 0.6) is 0 Å². The van der Waals surface area contributed by atoms with Crippen molar-refractivity contribution in [1.82, 2.24) is 5.32 Å². The van der Waals surface area contributed by atoms with E-state index in [0.29, 0.717) is 16.6 Å². The third-order valence-corrected chi connectivity index (χ3v) is 2.83. The SMILES string of the molecule is COC(OC)C(=O)NCc1ccc(Cl)c(Cl)c1. The molecule has 0 saturated heterocycles. The van der Waals surface area contributed by atoms with Gasteiger partial charge in [0.25, 0.3) is 5.91 Å². The van der Waals surface area contributed by atoms with E-state index in [0.717, 1.165) is 5.56 Å². The number of ether oxygens (including phenoxy) is 2. The van der Waals surface area contributed by atoms with Gasteiger partial charge >= 0.3 is 0 Å². The molecule has 1 rings (SSSR count). The molecule has 1 aromatic rings. The lowest BCUT2D eigenvalue weighted by atomic mass is 10.2. The number of carbonyl (C=O) groups is 1. The molecule has 6 heteroatoms. The normalized spacial score (nSPS) is 10.6. The molecule has 94 valence electrons. The van der Waals surface area contributed by atoms with E-state index in [9.17, 15) is 4.79 Å². The minimum atomic E-state index is -0.905. The average molecular weight is 278 g/mol. The second-order valence-corrected chi connectivity index (χ2v) is 4.08. The Kier molecular flexibility index (Phi) is 5.71. The molecule has 0 aliphatic heterocycles. The molecule has 0 fully saturated rings. The molecule has 17 heavy (non-hydrogen) atoms. The topological polar surface area (TPSA) is 47.6 Å². The number of nitrogens with one attached hydrogen (secondary N) is 1. The maximum atomic E-state index is 11.5. The first kappa shape index (κ1) is 14.3. The molecular weight excluding hydrogens is 265 g/mol. The molecule has 0 spiro atoms. The summed E-state index contributed by atoms with van der Waals surface area (Å²) >= 11 is 11.6. The molecule has 4 nitrogen and oxygen atoms in total. The molecule has 0 bridgehead atoms. The Balaban J connectivity index is 2.55. The number of halogens is 2. The monoisotopic (exact) mass is 277 g/mol. The van der Waals surface area contributed by atoms with Crippen LogP contribution in [0.1, 0.15) is 5.56 Å². The predicted octanol–water partition coefficient (Wildman–Crippen LogP) is 2.23. The van der Waals surface area contributed by atoms with Crippen molar-refractivity contribution in [3.05, 3.63) is 33.8 Å². The van der Waals surface area contributed by atoms with Crippen molar-refractivity contribution >= 4 is 29.1 Å². The Bertz CT molecular complexity index is 394. The van der Waals surface area contributed by atoms with Gasteiger partial charge in [-0.2, -0.15) is 0 Å². The van der Waals surface area contributed by atoms with Crippen LogP contribution in [0.15, 0.2) is 18.2 Å². The third-order valence-electron chi connectivity index (χ3n) is 2.09. The molecule has 0 aromatic heterocycles. The van der Waals surface area contributed by atoms with Gasteiger partial charge in [-0.1, -0.05) is 29.3 Å². The quantitative estimate of drug-likeness (QED) is 0.840. The number of hydrogen-bond donors (Lipinski definition) is 1. The van der Waals surface area contributed by atoms with Crippen molar-refractivity contribution < 1.29 is 14.3 Å². The second kappa shape index (κ2) is 6.81. The summed E-state index contributed by atoms with van der Waals surface area (Å²) < 4.78 is 9.62. The summed E-state index contributed by atoms with van der Waals surface area (Å²) in [5, 5.41) is 3.59. The van der Waals surface area contributed by atoms with E-state index in [1.54, 1.807) is 18.2 Å². The van der Waals surface area contributed by atoms with Gasteiger partial charge in [0.1, 0.15) is 0 Å². The van der Waals surface area contributed by atoms with Gasteiger partial charge in [0, 0.05) is 20.8 Å². The zero-order valence-corrected chi connectivity index (χ0v) is 11.0. The van der Waals surface area contributed by atoms with E-state index in [1.807, 2.05) is 0 Å². The van der Waals surface area contributed by atoms with Crippen LogP contribution in [-0.2, 0) is 20.8 Å². The Hall–Kier alpha value is -0.810. The second-order valence-electron chi connectivity index (χ2n) is 3.27. The lowest BCUT2D eigenvalue weighted by Crippen LogP contribution is -2.36. The largest absolute Gasteiger partial charge is 0.348 e. The molecule has 1 aromatic carbocycles. The summed E-state index contributed by atoms with van der Waals surface area (Å²) in [4.78, 5) is 11.5. The number of benzene rings is 1. The number of methoxy groups -OCH3 is 2. The fourth-order valence-corrected chi connectivity index (χ4v) is 1.55. The van der Waals surface area contributed by atoms with E-state index in [2.05, 4.69) is 5.32 Å². The molecule has 0 atom stereocenters. The van der Waals surface area contributed by atoms with Crippen LogP contribution < -0.4 is 5.32 Å². The van der Waals surface area contributed by atoms with Gasteiger partial charge < -0.3 is 14.8 Å². The number of amides is 1. The van der Waals surface area contributed by atoms with Gasteiger partial charge in [0.05, 0.1) is 10.0 Å². The average Bonchev–Trinajstić information content (AvgIpc) is 2.32. The first-order chi connectivity index (χ1) is 8.08. The van der Waals surface area contributed by atoms with Crippen molar-refractivity contribution in [3.8, 4) is 0 Å². The van der Waals surface area contributed by atoms with Crippen LogP contribution in [0.3, 0.4) is 0 Å². The van der Waals surface area contributed by atoms with E-state index in [-0.39, 0.29) is 5.91 Å². The van der Waals surface area contributed by atoms with Crippen LogP contribution >= 0.6 is 23.2 Å². The summed E-state index contributed by atoms with van der Waals surface area (Å²) in [5.41, 5.74) is 0.846. The highest BCUT2D eigenvalue weighted by atomic mass is 35.5. The lowest BCUT2D eigenvalue weighted by Gasteiger charge is -2.13. The molecule has 0 aliphatic carbocycles. The van der Waals surface area contributed by atoms with Crippen molar-refractivity contribution in [1.29, 1.82) is 0 Å². The molecule has 0 radical (unpaired) electrons. The standard InChI is InChI=1S/C11H13Cl2NO3/c1-16-11(17-2)10(15)14-6-7-3-4-8(12)9(13)5-7/h3-5,11H,6H2,1-2H3,(H,14,15). The molecule has 0 saturated carbocycles. The first-order valence-electron chi connectivity index (χ1n) is 4.85. The maximum absolute atomic E-state index is 11.5. The summed E-state index contributed by atoms with van der Waals surface area (Å²) in [7, 11) is 2.79. The van der Waals surface area contributed by atoms with Gasteiger partial charge in [-0.15, -0.1) is 0 Å². The molecule has 0 heterocycles. The molecule has 0 aliphatic rings. The lowest BCUT2D eigenvalue weighted by molar-refractivity contribution is -0.159. The van der Waals surface area contributed by atoms with Crippen molar-refractivity contribution in [3.63, 3.8) is 0 Å². The van der Waals surface area contributed by atoms with Crippen molar-refractivity contribution in [2.75, 3.05) is 14.2 Å². The molecule has 1 N–H and O–H groups in total. The Morgan fingerprint density at radius 2 is 1.94 bits per heavy atom. The van der Waals surface area contributed by atoms with Crippen LogP contribution in [0.25, 0.3) is 0 Å². The fourth-order valence-electron chi connectivity index (χ4n) is 1.23. The predicted molar refractivity (Wildman–Crippen MR) is 66.1 cm³/mol. The van der Waals surface area contributed by atoms with E-state index in [4.69, 9.17) is 32.7 Å². The minimum Gasteiger partial charge on any atom is -0.348 e. The Labute approximate surface area is 110 Å². The Morgan fingerprint density at radius 3 is 2.47 bits per heavy atom. The highest BCUT2D eigenvalue weighted by Crippen LogP contribution is 2.22. The van der Waals surface area contributed by atoms with E-state index in [1.165, 1.54) is 14.2 Å². The fraction of sp³-hybridized carbons (Fsp3) is 0.364. The zero-order valence-electron chi connectivity index (χ0n) is 9.50. The van der Waals surface area contributed by atoms with Crippen molar-refractivity contribution in [2.24, 2.45) is 0 Å². The summed E-state index contributed by atoms with van der Waals surface area (Å²) in [6.45, 7) is 0.332. The maximum Gasteiger partial charge on any atom is 0.277 e. The van der Waals surface area contributed by atoms with Crippen LogP contribution in [0, 0.1) is 0 Å². The van der Waals surface area contributed by atoms with Crippen LogP contribution in [0.4, 0.5) is 0 Å². The van der Waals surface area contributed by atoms with Crippen LogP contribution in [0.2, 0.25) is 10.0 Å². The molecule has 1 amide bonds. The number of rotatable bonds is 5. The highest BCUT2D eigenvalue weighted by molar-refractivity contribution is 6.42. The minimum absolute atomic E-state index is 0.332. The first-order valence-corrected chi connectivity index (χ1v) is 5.61. The van der Waals surface area contributed by atoms with E-state index < -0.39 is 6.29 Å². The number of carbonyl (C=O) groups excluding carboxylic acids is 1.